The standard InChI is InChI=1S/C23H28N6O3S/c1-14(2)18-11-10-15(3)12-19(18)32-13-20-27-28-23(29(20)24)33-16(4)21(30)26-22(31)25-17-8-6-5-7-9-17/h5-12,14,16H,13,24H2,1-4H3,(H2,25,26,30,31). The molecule has 0 aliphatic heterocycles. The second kappa shape index (κ2) is 10.9. The molecule has 3 rings (SSSR count). The van der Waals surface area contributed by atoms with Crippen molar-refractivity contribution in [2.24, 2.45) is 0 Å². The number of nitrogens with one attached hydrogen (secondary N) is 2. The highest BCUT2D eigenvalue weighted by atomic mass is 32.2. The Labute approximate surface area is 197 Å². The van der Waals surface area contributed by atoms with E-state index < -0.39 is 17.2 Å². The highest BCUT2D eigenvalue weighted by Crippen LogP contribution is 2.28. The third kappa shape index (κ3) is 6.48. The molecule has 0 fully saturated rings. The van der Waals surface area contributed by atoms with E-state index in [1.165, 1.54) is 4.68 Å². The van der Waals surface area contributed by atoms with Gasteiger partial charge in [-0.2, -0.15) is 0 Å². The number of nitrogens with zero attached hydrogens (tertiary/aromatic N) is 3. The molecule has 0 aliphatic rings. The zero-order chi connectivity index (χ0) is 24.0. The molecule has 10 heteroatoms. The van der Waals surface area contributed by atoms with Crippen LogP contribution in [0.4, 0.5) is 10.5 Å². The number of anilines is 1. The van der Waals surface area contributed by atoms with Crippen molar-refractivity contribution in [3.8, 4) is 5.75 Å². The van der Waals surface area contributed by atoms with E-state index in [0.29, 0.717) is 22.6 Å². The molecule has 0 saturated heterocycles. The van der Waals surface area contributed by atoms with Crippen LogP contribution in [-0.2, 0) is 11.4 Å². The molecule has 1 heterocycles. The summed E-state index contributed by atoms with van der Waals surface area (Å²) in [6, 6.07) is 14.3. The molecule has 0 saturated carbocycles. The van der Waals surface area contributed by atoms with Crippen molar-refractivity contribution in [1.29, 1.82) is 0 Å². The number of nitrogen functional groups attached to an aromatic ring is 1. The van der Waals surface area contributed by atoms with Gasteiger partial charge in [0.25, 0.3) is 0 Å². The number of rotatable bonds is 8. The van der Waals surface area contributed by atoms with E-state index in [1.807, 2.05) is 19.1 Å². The normalized spacial score (nSPS) is 11.8. The van der Waals surface area contributed by atoms with Gasteiger partial charge in [-0.15, -0.1) is 10.2 Å². The highest BCUT2D eigenvalue weighted by molar-refractivity contribution is 8.00. The fourth-order valence-corrected chi connectivity index (χ4v) is 3.77. The molecule has 1 unspecified atom stereocenters. The minimum absolute atomic E-state index is 0.132. The number of aromatic nitrogens is 3. The van der Waals surface area contributed by atoms with Crippen LogP contribution in [0.2, 0.25) is 0 Å². The average Bonchev–Trinajstić information content (AvgIpc) is 3.11. The zero-order valence-corrected chi connectivity index (χ0v) is 19.8. The second-order valence-corrected chi connectivity index (χ2v) is 9.13. The van der Waals surface area contributed by atoms with Gasteiger partial charge in [0.05, 0.1) is 5.25 Å². The molecule has 0 radical (unpaired) electrons. The molecule has 33 heavy (non-hydrogen) atoms. The number of hydrogen-bond donors (Lipinski definition) is 3. The molecule has 9 nitrogen and oxygen atoms in total. The van der Waals surface area contributed by atoms with Gasteiger partial charge in [-0.25, -0.2) is 9.47 Å². The number of nitrogens with two attached hydrogens (primary N) is 1. The molecule has 0 spiro atoms. The summed E-state index contributed by atoms with van der Waals surface area (Å²) in [5.41, 5.74) is 2.78. The summed E-state index contributed by atoms with van der Waals surface area (Å²) in [4.78, 5) is 24.4. The molecule has 1 aromatic heterocycles. The first-order valence-corrected chi connectivity index (χ1v) is 11.4. The van der Waals surface area contributed by atoms with Crippen molar-refractivity contribution in [2.45, 2.75) is 50.6 Å². The first-order chi connectivity index (χ1) is 15.7. The van der Waals surface area contributed by atoms with Crippen LogP contribution < -0.4 is 21.2 Å². The maximum atomic E-state index is 12.4. The number of ether oxygens (including phenoxy) is 1. The topological polar surface area (TPSA) is 124 Å². The van der Waals surface area contributed by atoms with Gasteiger partial charge in [0, 0.05) is 5.69 Å². The summed E-state index contributed by atoms with van der Waals surface area (Å²) >= 11 is 1.10. The van der Waals surface area contributed by atoms with Gasteiger partial charge in [-0.1, -0.05) is 55.9 Å². The average molecular weight is 469 g/mol. The fraction of sp³-hybridized carbons (Fsp3) is 0.304. The van der Waals surface area contributed by atoms with E-state index in [2.05, 4.69) is 46.8 Å². The molecule has 0 bridgehead atoms. The number of imide groups is 1. The van der Waals surface area contributed by atoms with Crippen LogP contribution in [-0.4, -0.2) is 32.1 Å². The number of urea groups is 1. The Morgan fingerprint density at radius 3 is 2.55 bits per heavy atom. The van der Waals surface area contributed by atoms with Gasteiger partial charge in [0.2, 0.25) is 11.1 Å². The maximum absolute atomic E-state index is 12.4. The minimum atomic E-state index is -0.629. The second-order valence-electron chi connectivity index (χ2n) is 7.82. The molecule has 4 N–H and O–H groups in total. The van der Waals surface area contributed by atoms with Crippen LogP contribution in [0.1, 0.15) is 43.6 Å². The van der Waals surface area contributed by atoms with E-state index in [9.17, 15) is 9.59 Å². The fourth-order valence-electron chi connectivity index (χ4n) is 2.98. The lowest BCUT2D eigenvalue weighted by molar-refractivity contribution is -0.119. The molecule has 0 aliphatic carbocycles. The summed E-state index contributed by atoms with van der Waals surface area (Å²) in [7, 11) is 0. The van der Waals surface area contributed by atoms with Crippen molar-refractivity contribution < 1.29 is 14.3 Å². The lowest BCUT2D eigenvalue weighted by atomic mass is 10.0. The number of benzene rings is 2. The number of thioether (sulfide) groups is 1. The van der Waals surface area contributed by atoms with Crippen molar-refractivity contribution in [3.05, 3.63) is 65.5 Å². The summed E-state index contributed by atoms with van der Waals surface area (Å²) in [5.74, 6) is 7.15. The number of amides is 3. The number of para-hydroxylation sites is 1. The molecule has 3 aromatic rings. The molecule has 2 aromatic carbocycles. The Balaban J connectivity index is 1.57. The van der Waals surface area contributed by atoms with Crippen LogP contribution in [0.25, 0.3) is 0 Å². The van der Waals surface area contributed by atoms with E-state index in [4.69, 9.17) is 10.6 Å². The lowest BCUT2D eigenvalue weighted by Crippen LogP contribution is -2.39. The molecule has 1 atom stereocenters. The van der Waals surface area contributed by atoms with Crippen molar-refractivity contribution in [1.82, 2.24) is 20.2 Å². The van der Waals surface area contributed by atoms with Crippen LogP contribution in [0.5, 0.6) is 5.75 Å². The Kier molecular flexibility index (Phi) is 7.94. The quantitative estimate of drug-likeness (QED) is 0.339. The summed E-state index contributed by atoms with van der Waals surface area (Å²) in [6.45, 7) is 7.99. The Hall–Kier alpha value is -3.53. The van der Waals surface area contributed by atoms with Gasteiger partial charge >= 0.3 is 6.03 Å². The summed E-state index contributed by atoms with van der Waals surface area (Å²) in [6.07, 6.45) is 0. The first kappa shape index (κ1) is 24.1. The van der Waals surface area contributed by atoms with Crippen LogP contribution in [0.3, 0.4) is 0 Å². The Morgan fingerprint density at radius 2 is 1.85 bits per heavy atom. The van der Waals surface area contributed by atoms with E-state index in [1.54, 1.807) is 31.2 Å². The lowest BCUT2D eigenvalue weighted by Gasteiger charge is -2.15. The van der Waals surface area contributed by atoms with Crippen molar-refractivity contribution >= 4 is 29.4 Å². The van der Waals surface area contributed by atoms with Crippen molar-refractivity contribution in [2.75, 3.05) is 11.2 Å². The largest absolute Gasteiger partial charge is 0.485 e. The zero-order valence-electron chi connectivity index (χ0n) is 19.0. The summed E-state index contributed by atoms with van der Waals surface area (Å²) in [5, 5.41) is 12.8. The van der Waals surface area contributed by atoms with E-state index >= 15 is 0 Å². The predicted octanol–water partition coefficient (Wildman–Crippen LogP) is 3.83. The molecule has 3 amide bonds. The van der Waals surface area contributed by atoms with E-state index in [-0.39, 0.29) is 6.61 Å². The van der Waals surface area contributed by atoms with Gasteiger partial charge in [-0.3, -0.25) is 10.1 Å². The molecular formula is C23H28N6O3S. The Morgan fingerprint density at radius 1 is 1.12 bits per heavy atom. The monoisotopic (exact) mass is 468 g/mol. The third-order valence-electron chi connectivity index (χ3n) is 4.80. The summed E-state index contributed by atoms with van der Waals surface area (Å²) < 4.78 is 7.27. The Bertz CT molecular complexity index is 1120. The first-order valence-electron chi connectivity index (χ1n) is 10.5. The minimum Gasteiger partial charge on any atom is -0.485 e. The third-order valence-corrected chi connectivity index (χ3v) is 5.86. The highest BCUT2D eigenvalue weighted by Gasteiger charge is 2.21. The van der Waals surface area contributed by atoms with Crippen LogP contribution in [0, 0.1) is 6.92 Å². The number of carbonyl (C=O) groups excluding carboxylic acids is 2. The SMILES string of the molecule is Cc1ccc(C(C)C)c(OCc2nnc(SC(C)C(=O)NC(=O)Nc3ccccc3)n2N)c1. The predicted molar refractivity (Wildman–Crippen MR) is 129 cm³/mol. The maximum Gasteiger partial charge on any atom is 0.325 e. The number of hydrogen-bond acceptors (Lipinski definition) is 7. The van der Waals surface area contributed by atoms with E-state index in [0.717, 1.165) is 28.6 Å². The van der Waals surface area contributed by atoms with Crippen LogP contribution in [0.15, 0.2) is 53.7 Å². The van der Waals surface area contributed by atoms with Gasteiger partial charge in [0.1, 0.15) is 12.4 Å². The van der Waals surface area contributed by atoms with Gasteiger partial charge < -0.3 is 15.9 Å². The van der Waals surface area contributed by atoms with Crippen LogP contribution >= 0.6 is 11.8 Å². The molecule has 174 valence electrons. The van der Waals surface area contributed by atoms with Gasteiger partial charge in [-0.05, 0) is 49.1 Å². The number of carbonyl (C=O) groups is 2. The van der Waals surface area contributed by atoms with Crippen molar-refractivity contribution in [3.63, 3.8) is 0 Å². The molecular weight excluding hydrogens is 440 g/mol. The smallest absolute Gasteiger partial charge is 0.325 e. The number of aryl methyl sites for hydroxylation is 1. The van der Waals surface area contributed by atoms with Gasteiger partial charge in [0.15, 0.2) is 5.82 Å².